The van der Waals surface area contributed by atoms with E-state index in [0.717, 1.165) is 32.1 Å². The molecule has 0 radical (unpaired) electrons. The zero-order chi connectivity index (χ0) is 15.2. The van der Waals surface area contributed by atoms with Crippen molar-refractivity contribution in [2.75, 3.05) is 32.8 Å². The normalized spacial score (nSPS) is 18.9. The van der Waals surface area contributed by atoms with E-state index in [0.29, 0.717) is 13.2 Å². The molecule has 1 aliphatic heterocycles. The first kappa shape index (κ1) is 17.5. The van der Waals surface area contributed by atoms with Crippen molar-refractivity contribution in [1.82, 2.24) is 9.80 Å². The number of nitrogens with zero attached hydrogens (tertiary/aromatic N) is 2. The second kappa shape index (κ2) is 8.00. The number of hydrogen-bond donors (Lipinski definition) is 0. The van der Waals surface area contributed by atoms with Crippen molar-refractivity contribution in [1.29, 1.82) is 0 Å². The van der Waals surface area contributed by atoms with E-state index in [1.54, 1.807) is 0 Å². The number of urea groups is 1. The van der Waals surface area contributed by atoms with Crippen molar-refractivity contribution in [2.24, 2.45) is 0 Å². The lowest BCUT2D eigenvalue weighted by atomic mass is 10.2. The fraction of sp³-hybridized carbons (Fsp3) is 0.929. The Morgan fingerprint density at radius 2 is 1.70 bits per heavy atom. The van der Waals surface area contributed by atoms with E-state index >= 15 is 0 Å². The zero-order valence-corrected chi connectivity index (χ0v) is 14.6. The Kier molecular flexibility index (Phi) is 6.98. The van der Waals surface area contributed by atoms with Crippen LogP contribution < -0.4 is 0 Å². The summed E-state index contributed by atoms with van der Waals surface area (Å²) in [6.45, 7) is 13.8. The number of amides is 2. The predicted octanol–water partition coefficient (Wildman–Crippen LogP) is 2.60. The standard InChI is InChI=1S/C14H30N2O3Si/c1-6-15(7-2)14(17)16-12-11-13(16)20(10-5,18-8-3)19-9-4/h13H,6-12H2,1-5H3. The SMILES string of the molecule is CCO[Si](CC)(OCC)C1CCN1C(=O)N(CC)CC. The second-order valence-corrected chi connectivity index (χ2v) is 8.56. The molecule has 1 aliphatic rings. The summed E-state index contributed by atoms with van der Waals surface area (Å²) in [5, 5.41) is 0. The van der Waals surface area contributed by atoms with Gasteiger partial charge in [0, 0.05) is 32.8 Å². The van der Waals surface area contributed by atoms with Crippen LogP contribution in [0.15, 0.2) is 0 Å². The molecule has 1 rings (SSSR count). The van der Waals surface area contributed by atoms with Gasteiger partial charge in [0.2, 0.25) is 0 Å². The fourth-order valence-electron chi connectivity index (χ4n) is 2.91. The molecule has 0 bridgehead atoms. The van der Waals surface area contributed by atoms with E-state index in [-0.39, 0.29) is 11.7 Å². The highest BCUT2D eigenvalue weighted by atomic mass is 28.4. The van der Waals surface area contributed by atoms with Crippen molar-refractivity contribution < 1.29 is 13.6 Å². The molecule has 0 saturated carbocycles. The van der Waals surface area contributed by atoms with E-state index in [1.165, 1.54) is 0 Å². The van der Waals surface area contributed by atoms with Crippen molar-refractivity contribution in [3.8, 4) is 0 Å². The van der Waals surface area contributed by atoms with Crippen LogP contribution in [0, 0.1) is 0 Å². The van der Waals surface area contributed by atoms with Gasteiger partial charge in [0.25, 0.3) is 0 Å². The van der Waals surface area contributed by atoms with E-state index in [1.807, 2.05) is 37.5 Å². The summed E-state index contributed by atoms with van der Waals surface area (Å²) in [6, 6.07) is 1.03. The molecule has 0 aromatic heterocycles. The molecule has 20 heavy (non-hydrogen) atoms. The molecule has 1 saturated heterocycles. The van der Waals surface area contributed by atoms with Gasteiger partial charge in [0.15, 0.2) is 0 Å². The van der Waals surface area contributed by atoms with Crippen LogP contribution in [0.5, 0.6) is 0 Å². The maximum Gasteiger partial charge on any atom is 0.361 e. The zero-order valence-electron chi connectivity index (χ0n) is 13.6. The van der Waals surface area contributed by atoms with Crippen LogP contribution in [0.25, 0.3) is 0 Å². The molecule has 0 aromatic rings. The van der Waals surface area contributed by atoms with Gasteiger partial charge in [-0.3, -0.25) is 0 Å². The number of hydrogen-bond acceptors (Lipinski definition) is 3. The van der Waals surface area contributed by atoms with E-state index in [2.05, 4.69) is 6.92 Å². The highest BCUT2D eigenvalue weighted by molar-refractivity contribution is 6.69. The van der Waals surface area contributed by atoms with Crippen LogP contribution in [-0.2, 0) is 8.85 Å². The Bertz CT molecular complexity index is 305. The summed E-state index contributed by atoms with van der Waals surface area (Å²) >= 11 is 0. The first-order valence-electron chi connectivity index (χ1n) is 7.93. The molecule has 1 heterocycles. The van der Waals surface area contributed by atoms with Gasteiger partial charge in [0.1, 0.15) is 0 Å². The third-order valence-electron chi connectivity index (χ3n) is 4.08. The lowest BCUT2D eigenvalue weighted by Gasteiger charge is -2.50. The van der Waals surface area contributed by atoms with Gasteiger partial charge in [-0.15, -0.1) is 0 Å². The Labute approximate surface area is 124 Å². The molecular weight excluding hydrogens is 272 g/mol. The minimum atomic E-state index is -2.30. The second-order valence-electron chi connectivity index (χ2n) is 4.98. The Hall–Kier alpha value is -0.593. The average Bonchev–Trinajstić information content (AvgIpc) is 2.39. The van der Waals surface area contributed by atoms with Gasteiger partial charge in [0.05, 0.1) is 5.67 Å². The molecule has 1 fully saturated rings. The van der Waals surface area contributed by atoms with Crippen molar-refractivity contribution in [3.05, 3.63) is 0 Å². The predicted molar refractivity (Wildman–Crippen MR) is 82.9 cm³/mol. The highest BCUT2D eigenvalue weighted by Crippen LogP contribution is 2.32. The molecule has 1 atom stereocenters. The quantitative estimate of drug-likeness (QED) is 0.647. The molecule has 0 aromatic carbocycles. The van der Waals surface area contributed by atoms with Crippen LogP contribution in [0.1, 0.15) is 41.0 Å². The van der Waals surface area contributed by atoms with Gasteiger partial charge in [-0.1, -0.05) is 6.92 Å². The number of rotatable bonds is 8. The Balaban J connectivity index is 2.84. The van der Waals surface area contributed by atoms with Crippen LogP contribution in [0.3, 0.4) is 0 Å². The molecule has 2 amide bonds. The monoisotopic (exact) mass is 302 g/mol. The lowest BCUT2D eigenvalue weighted by Crippen LogP contribution is -2.69. The summed E-state index contributed by atoms with van der Waals surface area (Å²) in [5.41, 5.74) is 0.167. The van der Waals surface area contributed by atoms with Crippen LogP contribution in [0.2, 0.25) is 6.04 Å². The molecule has 118 valence electrons. The van der Waals surface area contributed by atoms with Gasteiger partial charge < -0.3 is 18.7 Å². The molecule has 6 heteroatoms. The summed E-state index contributed by atoms with van der Waals surface area (Å²) < 4.78 is 12.1. The van der Waals surface area contributed by atoms with Gasteiger partial charge in [-0.25, -0.2) is 4.79 Å². The summed E-state index contributed by atoms with van der Waals surface area (Å²) in [5.74, 6) is 0. The third-order valence-corrected chi connectivity index (χ3v) is 8.23. The number of likely N-dealkylation sites (tertiary alicyclic amines) is 1. The summed E-state index contributed by atoms with van der Waals surface area (Å²) in [4.78, 5) is 16.4. The van der Waals surface area contributed by atoms with Crippen molar-refractivity contribution >= 4 is 14.6 Å². The fourth-order valence-corrected chi connectivity index (χ4v) is 6.52. The van der Waals surface area contributed by atoms with Gasteiger partial charge in [-0.2, -0.15) is 0 Å². The van der Waals surface area contributed by atoms with Crippen LogP contribution >= 0.6 is 0 Å². The highest BCUT2D eigenvalue weighted by Gasteiger charge is 2.53. The molecule has 5 nitrogen and oxygen atoms in total. The number of carbonyl (C=O) groups is 1. The molecule has 0 spiro atoms. The minimum Gasteiger partial charge on any atom is -0.393 e. The first-order chi connectivity index (χ1) is 9.60. The van der Waals surface area contributed by atoms with Gasteiger partial charge >= 0.3 is 14.6 Å². The smallest absolute Gasteiger partial charge is 0.361 e. The maximum absolute atomic E-state index is 12.5. The third kappa shape index (κ3) is 3.35. The molecular formula is C14H30N2O3Si. The van der Waals surface area contributed by atoms with E-state index in [9.17, 15) is 4.79 Å². The maximum atomic E-state index is 12.5. The topological polar surface area (TPSA) is 42.0 Å². The summed E-state index contributed by atoms with van der Waals surface area (Å²) in [7, 11) is -2.30. The first-order valence-corrected chi connectivity index (χ1v) is 10.0. The average molecular weight is 302 g/mol. The minimum absolute atomic E-state index is 0.135. The summed E-state index contributed by atoms with van der Waals surface area (Å²) in [6.07, 6.45) is 1.01. The Morgan fingerprint density at radius 1 is 1.15 bits per heavy atom. The number of carbonyl (C=O) groups excluding carboxylic acids is 1. The lowest BCUT2D eigenvalue weighted by molar-refractivity contribution is 0.0736. The van der Waals surface area contributed by atoms with E-state index < -0.39 is 8.56 Å². The molecule has 0 aliphatic carbocycles. The van der Waals surface area contributed by atoms with Crippen molar-refractivity contribution in [2.45, 2.75) is 52.7 Å². The molecule has 1 unspecified atom stereocenters. The largest absolute Gasteiger partial charge is 0.393 e. The van der Waals surface area contributed by atoms with Gasteiger partial charge in [-0.05, 0) is 40.2 Å². The molecule has 0 N–H and O–H groups in total. The van der Waals surface area contributed by atoms with E-state index in [4.69, 9.17) is 8.85 Å². The Morgan fingerprint density at radius 3 is 2.00 bits per heavy atom. The van der Waals surface area contributed by atoms with Crippen LogP contribution in [-0.4, -0.2) is 62.9 Å². The van der Waals surface area contributed by atoms with Crippen LogP contribution in [0.4, 0.5) is 4.79 Å². The van der Waals surface area contributed by atoms with Crippen molar-refractivity contribution in [3.63, 3.8) is 0 Å².